The second-order valence-electron chi connectivity index (χ2n) is 9.45. The van der Waals surface area contributed by atoms with Crippen LogP contribution in [0.25, 0.3) is 16.9 Å². The maximum absolute atomic E-state index is 12.6. The lowest BCUT2D eigenvalue weighted by molar-refractivity contribution is 0.0642. The fourth-order valence-electron chi connectivity index (χ4n) is 4.61. The third-order valence-corrected chi connectivity index (χ3v) is 6.51. The quantitative estimate of drug-likeness (QED) is 0.694. The van der Waals surface area contributed by atoms with Crippen LogP contribution in [-0.4, -0.2) is 45.2 Å². The van der Waals surface area contributed by atoms with Gasteiger partial charge in [-0.25, -0.2) is 4.98 Å². The van der Waals surface area contributed by atoms with Crippen LogP contribution in [0.1, 0.15) is 54.9 Å². The van der Waals surface area contributed by atoms with Crippen molar-refractivity contribution < 1.29 is 9.53 Å². The second kappa shape index (κ2) is 7.54. The fraction of sp³-hybridized carbons (Fsp3) is 0.522. The largest absolute Gasteiger partial charge is 0.381 e. The van der Waals surface area contributed by atoms with Crippen LogP contribution in [0.4, 0.5) is 0 Å². The molecule has 7 heteroatoms. The van der Waals surface area contributed by atoms with E-state index in [-0.39, 0.29) is 5.91 Å². The molecule has 1 aliphatic heterocycles. The number of carbonyl (C=O) groups is 1. The summed E-state index contributed by atoms with van der Waals surface area (Å²) in [6.45, 7) is 6.86. The number of aromatic nitrogens is 4. The predicted molar refractivity (Wildman–Crippen MR) is 114 cm³/mol. The lowest BCUT2D eigenvalue weighted by Crippen LogP contribution is -2.32. The predicted octanol–water partition coefficient (Wildman–Crippen LogP) is 3.40. The summed E-state index contributed by atoms with van der Waals surface area (Å²) in [5.74, 6) is 0.369. The molecule has 0 aromatic carbocycles. The van der Waals surface area contributed by atoms with Crippen molar-refractivity contribution in [1.82, 2.24) is 24.9 Å². The minimum atomic E-state index is -0.119. The van der Waals surface area contributed by atoms with E-state index in [2.05, 4.69) is 34.3 Å². The van der Waals surface area contributed by atoms with Gasteiger partial charge in [0, 0.05) is 49.0 Å². The molecule has 1 saturated heterocycles. The van der Waals surface area contributed by atoms with Crippen molar-refractivity contribution in [2.24, 2.45) is 11.3 Å². The number of hydrogen-bond donors (Lipinski definition) is 2. The molecule has 2 aliphatic rings. The highest BCUT2D eigenvalue weighted by Gasteiger charge is 2.29. The van der Waals surface area contributed by atoms with Crippen LogP contribution >= 0.6 is 0 Å². The smallest absolute Gasteiger partial charge is 0.271 e. The summed E-state index contributed by atoms with van der Waals surface area (Å²) in [7, 11) is 0. The number of ether oxygens (including phenoxy) is 1. The molecule has 1 fully saturated rings. The van der Waals surface area contributed by atoms with E-state index in [0.29, 0.717) is 23.6 Å². The molecule has 30 heavy (non-hydrogen) atoms. The first kappa shape index (κ1) is 19.3. The standard InChI is InChI=1S/C23H29N5O2/c1-23(2)8-5-17-18(11-23)26-27-21(17)16-3-4-20-25-19(14-28(20)13-16)22(29)24-12-15-6-9-30-10-7-15/h3-4,13-15H,5-12H2,1-2H3,(H,24,29)(H,26,27). The number of aromatic amines is 1. The summed E-state index contributed by atoms with van der Waals surface area (Å²) >= 11 is 0. The SMILES string of the molecule is CC1(C)CCc2c(-c3ccc4nc(C(=O)NCC5CCOCC5)cn4c3)n[nH]c2C1. The molecule has 7 nitrogen and oxygen atoms in total. The molecule has 0 radical (unpaired) electrons. The third kappa shape index (κ3) is 3.74. The number of rotatable bonds is 4. The monoisotopic (exact) mass is 407 g/mol. The molecule has 3 aromatic rings. The topological polar surface area (TPSA) is 84.3 Å². The molecular formula is C23H29N5O2. The molecule has 0 spiro atoms. The normalized spacial score (nSPS) is 19.0. The van der Waals surface area contributed by atoms with Gasteiger partial charge in [0.2, 0.25) is 0 Å². The molecule has 158 valence electrons. The van der Waals surface area contributed by atoms with E-state index in [4.69, 9.17) is 4.74 Å². The van der Waals surface area contributed by atoms with Crippen LogP contribution in [0, 0.1) is 11.3 Å². The first-order valence-electron chi connectivity index (χ1n) is 10.9. The van der Waals surface area contributed by atoms with Crippen LogP contribution in [0.15, 0.2) is 24.5 Å². The summed E-state index contributed by atoms with van der Waals surface area (Å²) in [6, 6.07) is 4.00. The molecule has 2 N–H and O–H groups in total. The van der Waals surface area contributed by atoms with Crippen LogP contribution in [-0.2, 0) is 17.6 Å². The first-order valence-corrected chi connectivity index (χ1v) is 10.9. The number of H-pyrrole nitrogens is 1. The van der Waals surface area contributed by atoms with Crippen LogP contribution in [0.3, 0.4) is 0 Å². The number of nitrogens with zero attached hydrogens (tertiary/aromatic N) is 3. The highest BCUT2D eigenvalue weighted by Crippen LogP contribution is 2.37. The maximum atomic E-state index is 12.6. The lowest BCUT2D eigenvalue weighted by atomic mass is 9.76. The van der Waals surface area contributed by atoms with E-state index in [1.807, 2.05) is 22.7 Å². The van der Waals surface area contributed by atoms with Gasteiger partial charge < -0.3 is 14.5 Å². The van der Waals surface area contributed by atoms with E-state index in [0.717, 1.165) is 62.2 Å². The van der Waals surface area contributed by atoms with Gasteiger partial charge >= 0.3 is 0 Å². The molecule has 0 saturated carbocycles. The van der Waals surface area contributed by atoms with Crippen molar-refractivity contribution in [2.75, 3.05) is 19.8 Å². The van der Waals surface area contributed by atoms with Crippen molar-refractivity contribution in [1.29, 1.82) is 0 Å². The number of nitrogens with one attached hydrogen (secondary N) is 2. The first-order chi connectivity index (χ1) is 14.5. The minimum absolute atomic E-state index is 0.119. The number of carbonyl (C=O) groups excluding carboxylic acids is 1. The summed E-state index contributed by atoms with van der Waals surface area (Å²) < 4.78 is 7.31. The Balaban J connectivity index is 1.35. The Morgan fingerprint density at radius 1 is 1.30 bits per heavy atom. The van der Waals surface area contributed by atoms with Crippen molar-refractivity contribution in [3.8, 4) is 11.3 Å². The van der Waals surface area contributed by atoms with Crippen LogP contribution < -0.4 is 5.32 Å². The Morgan fingerprint density at radius 3 is 2.97 bits per heavy atom. The molecule has 5 rings (SSSR count). The van der Waals surface area contributed by atoms with Gasteiger partial charge in [0.25, 0.3) is 5.91 Å². The zero-order chi connectivity index (χ0) is 20.7. The highest BCUT2D eigenvalue weighted by atomic mass is 16.5. The van der Waals surface area contributed by atoms with Crippen LogP contribution in [0.5, 0.6) is 0 Å². The fourth-order valence-corrected chi connectivity index (χ4v) is 4.61. The van der Waals surface area contributed by atoms with Gasteiger partial charge in [-0.2, -0.15) is 5.10 Å². The van der Waals surface area contributed by atoms with E-state index >= 15 is 0 Å². The average molecular weight is 408 g/mol. The molecule has 0 atom stereocenters. The van der Waals surface area contributed by atoms with Gasteiger partial charge in [0.15, 0.2) is 0 Å². The summed E-state index contributed by atoms with van der Waals surface area (Å²) in [5, 5.41) is 10.9. The molecule has 1 aliphatic carbocycles. The summed E-state index contributed by atoms with van der Waals surface area (Å²) in [4.78, 5) is 17.1. The van der Waals surface area contributed by atoms with Gasteiger partial charge in [-0.3, -0.25) is 9.89 Å². The number of imidazole rings is 1. The van der Waals surface area contributed by atoms with E-state index < -0.39 is 0 Å². The number of fused-ring (bicyclic) bond motifs is 2. The maximum Gasteiger partial charge on any atom is 0.271 e. The van der Waals surface area contributed by atoms with Gasteiger partial charge in [-0.15, -0.1) is 0 Å². The Bertz CT molecular complexity index is 1070. The van der Waals surface area contributed by atoms with Crippen molar-refractivity contribution in [3.63, 3.8) is 0 Å². The number of hydrogen-bond acceptors (Lipinski definition) is 4. The molecule has 0 unspecified atom stereocenters. The Morgan fingerprint density at radius 2 is 2.13 bits per heavy atom. The van der Waals surface area contributed by atoms with Crippen molar-refractivity contribution >= 4 is 11.6 Å². The van der Waals surface area contributed by atoms with Gasteiger partial charge in [0.1, 0.15) is 11.3 Å². The zero-order valence-corrected chi connectivity index (χ0v) is 17.7. The summed E-state index contributed by atoms with van der Waals surface area (Å²) in [6.07, 6.45) is 9.06. The third-order valence-electron chi connectivity index (χ3n) is 6.51. The lowest BCUT2D eigenvalue weighted by Gasteiger charge is -2.29. The van der Waals surface area contributed by atoms with Crippen LogP contribution in [0.2, 0.25) is 0 Å². The number of amides is 1. The average Bonchev–Trinajstić information content (AvgIpc) is 3.35. The second-order valence-corrected chi connectivity index (χ2v) is 9.45. The minimum Gasteiger partial charge on any atom is -0.381 e. The molecule has 3 aromatic heterocycles. The molecular weight excluding hydrogens is 378 g/mol. The number of pyridine rings is 1. The van der Waals surface area contributed by atoms with E-state index in [1.165, 1.54) is 11.3 Å². The Kier molecular flexibility index (Phi) is 4.85. The van der Waals surface area contributed by atoms with E-state index in [9.17, 15) is 4.79 Å². The van der Waals surface area contributed by atoms with Gasteiger partial charge in [0.05, 0.1) is 5.69 Å². The van der Waals surface area contributed by atoms with Crippen molar-refractivity contribution in [2.45, 2.75) is 46.0 Å². The van der Waals surface area contributed by atoms with Gasteiger partial charge in [-0.05, 0) is 55.6 Å². The van der Waals surface area contributed by atoms with Gasteiger partial charge in [-0.1, -0.05) is 13.8 Å². The van der Waals surface area contributed by atoms with E-state index in [1.54, 1.807) is 6.20 Å². The Hall–Kier alpha value is -2.67. The van der Waals surface area contributed by atoms with Crippen molar-refractivity contribution in [3.05, 3.63) is 41.5 Å². The molecule has 4 heterocycles. The zero-order valence-electron chi connectivity index (χ0n) is 17.7. The Labute approximate surface area is 176 Å². The summed E-state index contributed by atoms with van der Waals surface area (Å²) in [5.41, 5.74) is 6.17. The molecule has 0 bridgehead atoms. The highest BCUT2D eigenvalue weighted by molar-refractivity contribution is 5.92. The molecule has 1 amide bonds.